The molecule has 0 amide bonds. The quantitative estimate of drug-likeness (QED) is 0.848. The maximum atomic E-state index is 12.7. The molecule has 0 radical (unpaired) electrons. The largest absolute Gasteiger partial charge is 0.384 e. The summed E-state index contributed by atoms with van der Waals surface area (Å²) in [5.74, 6) is 5.25. The molecule has 0 spiro atoms. The molecule has 0 heterocycles. The number of rotatable bonds is 5. The Kier molecular flexibility index (Phi) is 6.41. The van der Waals surface area contributed by atoms with E-state index in [1.807, 2.05) is 20.8 Å². The predicted octanol–water partition coefficient (Wildman–Crippen LogP) is 2.15. The average molecular weight is 309 g/mol. The Morgan fingerprint density at radius 1 is 1.38 bits per heavy atom. The first kappa shape index (κ1) is 17.7. The van der Waals surface area contributed by atoms with Gasteiger partial charge < -0.3 is 5.11 Å². The number of hydrogen-bond donors (Lipinski definition) is 1. The molecule has 0 aliphatic rings. The third-order valence-corrected chi connectivity index (χ3v) is 5.45. The van der Waals surface area contributed by atoms with Gasteiger partial charge in [0.15, 0.2) is 0 Å². The molecule has 21 heavy (non-hydrogen) atoms. The van der Waals surface area contributed by atoms with Crippen molar-refractivity contribution in [3.05, 3.63) is 29.3 Å². The Balaban J connectivity index is 3.31. The van der Waals surface area contributed by atoms with Crippen LogP contribution in [-0.4, -0.2) is 37.5 Å². The molecule has 1 aromatic carbocycles. The number of hydrogen-bond acceptors (Lipinski definition) is 3. The zero-order chi connectivity index (χ0) is 16.0. The van der Waals surface area contributed by atoms with Gasteiger partial charge in [0.2, 0.25) is 10.0 Å². The van der Waals surface area contributed by atoms with Crippen molar-refractivity contribution in [2.75, 3.05) is 13.7 Å². The summed E-state index contributed by atoms with van der Waals surface area (Å²) < 4.78 is 26.9. The van der Waals surface area contributed by atoms with Crippen molar-refractivity contribution in [3.8, 4) is 11.8 Å². The Labute approximate surface area is 127 Å². The van der Waals surface area contributed by atoms with Crippen molar-refractivity contribution < 1.29 is 13.5 Å². The summed E-state index contributed by atoms with van der Waals surface area (Å²) >= 11 is 0. The molecule has 1 rings (SSSR count). The molecule has 0 aliphatic heterocycles. The zero-order valence-electron chi connectivity index (χ0n) is 13.0. The fraction of sp³-hybridized carbons (Fsp3) is 0.500. The highest BCUT2D eigenvalue weighted by Crippen LogP contribution is 2.22. The van der Waals surface area contributed by atoms with E-state index in [9.17, 15) is 8.42 Å². The van der Waals surface area contributed by atoms with Crippen molar-refractivity contribution >= 4 is 10.0 Å². The number of aliphatic hydroxyl groups is 1. The van der Waals surface area contributed by atoms with Gasteiger partial charge in [-0.1, -0.05) is 31.3 Å². The molecule has 0 fully saturated rings. The topological polar surface area (TPSA) is 57.6 Å². The summed E-state index contributed by atoms with van der Waals surface area (Å²) in [6.45, 7) is 5.51. The summed E-state index contributed by atoms with van der Waals surface area (Å²) in [6, 6.07) is 5.00. The lowest BCUT2D eigenvalue weighted by molar-refractivity contribution is 0.350. The van der Waals surface area contributed by atoms with Crippen LogP contribution < -0.4 is 0 Å². The van der Waals surface area contributed by atoms with Gasteiger partial charge in [-0.15, -0.1) is 0 Å². The van der Waals surface area contributed by atoms with Gasteiger partial charge in [-0.2, -0.15) is 4.31 Å². The lowest BCUT2D eigenvalue weighted by atomic mass is 10.1. The third-order valence-electron chi connectivity index (χ3n) is 3.42. The lowest BCUT2D eigenvalue weighted by Gasteiger charge is -2.24. The van der Waals surface area contributed by atoms with Crippen molar-refractivity contribution in [3.63, 3.8) is 0 Å². The van der Waals surface area contributed by atoms with Crippen LogP contribution in [0.4, 0.5) is 0 Å². The molecule has 4 nitrogen and oxygen atoms in total. The number of nitrogens with zero attached hydrogens (tertiary/aromatic N) is 1. The molecular formula is C16H23NO3S. The SMILES string of the molecule is CCCC(C)N(C)S(=O)(=O)c1ccc(C)cc1C#CCO. The molecule has 0 saturated carbocycles. The first-order chi connectivity index (χ1) is 9.84. The Hall–Kier alpha value is -1.35. The average Bonchev–Trinajstić information content (AvgIpc) is 2.44. The van der Waals surface area contributed by atoms with Gasteiger partial charge in [0.1, 0.15) is 6.61 Å². The van der Waals surface area contributed by atoms with Crippen LogP contribution >= 0.6 is 0 Å². The van der Waals surface area contributed by atoms with E-state index >= 15 is 0 Å². The Bertz CT molecular complexity index is 641. The highest BCUT2D eigenvalue weighted by Gasteiger charge is 2.26. The van der Waals surface area contributed by atoms with Gasteiger partial charge in [0, 0.05) is 18.7 Å². The highest BCUT2D eigenvalue weighted by atomic mass is 32.2. The molecule has 0 saturated heterocycles. The van der Waals surface area contributed by atoms with E-state index in [0.717, 1.165) is 18.4 Å². The van der Waals surface area contributed by atoms with Gasteiger partial charge in [0.25, 0.3) is 0 Å². The zero-order valence-corrected chi connectivity index (χ0v) is 13.9. The summed E-state index contributed by atoms with van der Waals surface area (Å²) in [4.78, 5) is 0.194. The minimum atomic E-state index is -3.59. The molecular weight excluding hydrogens is 286 g/mol. The number of aliphatic hydroxyl groups excluding tert-OH is 1. The van der Waals surface area contributed by atoms with Crippen LogP contribution in [0.25, 0.3) is 0 Å². The van der Waals surface area contributed by atoms with E-state index in [1.54, 1.807) is 25.2 Å². The highest BCUT2D eigenvalue weighted by molar-refractivity contribution is 7.89. The van der Waals surface area contributed by atoms with Gasteiger partial charge in [-0.25, -0.2) is 8.42 Å². The monoisotopic (exact) mass is 309 g/mol. The van der Waals surface area contributed by atoms with Gasteiger partial charge in [0.05, 0.1) is 4.90 Å². The van der Waals surface area contributed by atoms with Crippen molar-refractivity contribution in [1.29, 1.82) is 0 Å². The fourth-order valence-corrected chi connectivity index (χ4v) is 3.61. The molecule has 0 bridgehead atoms. The molecule has 0 aromatic heterocycles. The Morgan fingerprint density at radius 2 is 2.05 bits per heavy atom. The van der Waals surface area contributed by atoms with Crippen molar-refractivity contribution in [2.45, 2.75) is 44.6 Å². The second-order valence-corrected chi connectivity index (χ2v) is 7.08. The molecule has 5 heteroatoms. The summed E-state index contributed by atoms with van der Waals surface area (Å²) in [5, 5.41) is 8.82. The van der Waals surface area contributed by atoms with Gasteiger partial charge in [-0.05, 0) is 38.0 Å². The number of benzene rings is 1. The standard InChI is InChI=1S/C16H23NO3S/c1-5-7-14(3)17(4)21(19,20)16-10-9-13(2)12-15(16)8-6-11-18/h9-10,12,14,18H,5,7,11H2,1-4H3. The Morgan fingerprint density at radius 3 is 2.62 bits per heavy atom. The molecule has 116 valence electrons. The van der Waals surface area contributed by atoms with Crippen LogP contribution in [0.2, 0.25) is 0 Å². The summed E-state index contributed by atoms with van der Waals surface area (Å²) in [7, 11) is -1.99. The second kappa shape index (κ2) is 7.60. The molecule has 1 aromatic rings. The first-order valence-corrected chi connectivity index (χ1v) is 8.47. The van der Waals surface area contributed by atoms with Crippen molar-refractivity contribution in [1.82, 2.24) is 4.31 Å². The van der Waals surface area contributed by atoms with Gasteiger partial charge >= 0.3 is 0 Å². The van der Waals surface area contributed by atoms with E-state index in [-0.39, 0.29) is 17.5 Å². The second-order valence-electron chi connectivity index (χ2n) is 5.12. The van der Waals surface area contributed by atoms with E-state index in [4.69, 9.17) is 5.11 Å². The normalized spacial score (nSPS) is 12.9. The third kappa shape index (κ3) is 4.31. The van der Waals surface area contributed by atoms with Crippen molar-refractivity contribution in [2.24, 2.45) is 0 Å². The summed E-state index contributed by atoms with van der Waals surface area (Å²) in [6.07, 6.45) is 1.73. The predicted molar refractivity (Wildman–Crippen MR) is 84.5 cm³/mol. The summed E-state index contributed by atoms with van der Waals surface area (Å²) in [5.41, 5.74) is 1.36. The molecule has 1 atom stereocenters. The van der Waals surface area contributed by atoms with Gasteiger partial charge in [-0.3, -0.25) is 0 Å². The maximum absolute atomic E-state index is 12.7. The minimum absolute atomic E-state index is 0.0695. The molecule has 1 N–H and O–H groups in total. The van der Waals surface area contributed by atoms with Crippen LogP contribution in [0.15, 0.2) is 23.1 Å². The van der Waals surface area contributed by atoms with E-state index in [1.165, 1.54) is 4.31 Å². The first-order valence-electron chi connectivity index (χ1n) is 7.03. The van der Waals surface area contributed by atoms with E-state index in [2.05, 4.69) is 11.8 Å². The fourth-order valence-electron chi connectivity index (χ4n) is 2.09. The number of sulfonamides is 1. The lowest BCUT2D eigenvalue weighted by Crippen LogP contribution is -2.35. The van der Waals surface area contributed by atoms with E-state index < -0.39 is 10.0 Å². The van der Waals surface area contributed by atoms with Crippen LogP contribution in [0.1, 0.15) is 37.8 Å². The van der Waals surface area contributed by atoms with Crippen LogP contribution in [0, 0.1) is 18.8 Å². The smallest absolute Gasteiger partial charge is 0.244 e. The molecule has 0 aliphatic carbocycles. The number of aryl methyl sites for hydroxylation is 1. The van der Waals surface area contributed by atoms with E-state index in [0.29, 0.717) is 5.56 Å². The van der Waals surface area contributed by atoms with Crippen LogP contribution in [0.5, 0.6) is 0 Å². The molecule has 1 unspecified atom stereocenters. The van der Waals surface area contributed by atoms with Crippen LogP contribution in [-0.2, 0) is 10.0 Å². The minimum Gasteiger partial charge on any atom is -0.384 e. The van der Waals surface area contributed by atoms with Crippen LogP contribution in [0.3, 0.4) is 0 Å². The maximum Gasteiger partial charge on any atom is 0.244 e.